The molecule has 1 saturated heterocycles. The molecule has 1 N–H and O–H groups in total. The quantitative estimate of drug-likeness (QED) is 0.839. The number of nitrogens with zero attached hydrogens (tertiary/aromatic N) is 1. The highest BCUT2D eigenvalue weighted by Gasteiger charge is 2.19. The molecule has 3 heteroatoms. The van der Waals surface area contributed by atoms with Gasteiger partial charge in [0.15, 0.2) is 0 Å². The topological polar surface area (TPSA) is 32.7 Å². The van der Waals surface area contributed by atoms with E-state index in [1.165, 1.54) is 30.5 Å². The van der Waals surface area contributed by atoms with Crippen molar-refractivity contribution < 1.29 is 9.84 Å². The number of rotatable bonds is 7. The van der Waals surface area contributed by atoms with E-state index in [0.717, 1.165) is 32.5 Å². The molecule has 124 valence electrons. The van der Waals surface area contributed by atoms with Crippen LogP contribution in [0, 0.1) is 5.92 Å². The minimum atomic E-state index is -0.581. The van der Waals surface area contributed by atoms with Crippen LogP contribution in [0.5, 0.6) is 0 Å². The van der Waals surface area contributed by atoms with E-state index in [1.807, 2.05) is 13.8 Å². The number of hydrogen-bond acceptors (Lipinski definition) is 3. The predicted molar refractivity (Wildman–Crippen MR) is 90.9 cm³/mol. The molecule has 1 aliphatic rings. The molecule has 0 unspecified atom stereocenters. The first-order chi connectivity index (χ1) is 10.5. The molecular formula is C19H31NO2. The van der Waals surface area contributed by atoms with Crippen LogP contribution in [0.25, 0.3) is 0 Å². The zero-order valence-electron chi connectivity index (χ0n) is 14.3. The molecule has 0 spiro atoms. The second kappa shape index (κ2) is 8.09. The number of hydrogen-bond donors (Lipinski definition) is 1. The fourth-order valence-electron chi connectivity index (χ4n) is 3.19. The van der Waals surface area contributed by atoms with Gasteiger partial charge in [-0.25, -0.2) is 0 Å². The van der Waals surface area contributed by atoms with Gasteiger partial charge in [0.2, 0.25) is 0 Å². The largest absolute Gasteiger partial charge is 0.390 e. The summed E-state index contributed by atoms with van der Waals surface area (Å²) in [6.45, 7) is 8.00. The molecule has 0 amide bonds. The van der Waals surface area contributed by atoms with Crippen LogP contribution in [0.4, 0.5) is 0 Å². The van der Waals surface area contributed by atoms with E-state index in [2.05, 4.69) is 29.2 Å². The molecule has 22 heavy (non-hydrogen) atoms. The Morgan fingerprint density at radius 1 is 1.23 bits per heavy atom. The molecule has 1 fully saturated rings. The molecule has 0 saturated carbocycles. The van der Waals surface area contributed by atoms with E-state index in [4.69, 9.17) is 4.74 Å². The first-order valence-electron chi connectivity index (χ1n) is 8.48. The van der Waals surface area contributed by atoms with Crippen LogP contribution >= 0.6 is 0 Å². The molecule has 0 aromatic heterocycles. The van der Waals surface area contributed by atoms with Gasteiger partial charge in [-0.3, -0.25) is 4.90 Å². The van der Waals surface area contributed by atoms with E-state index in [0.29, 0.717) is 5.92 Å². The lowest BCUT2D eigenvalue weighted by Crippen LogP contribution is -2.36. The highest BCUT2D eigenvalue weighted by molar-refractivity contribution is 5.22. The maximum atomic E-state index is 9.80. The van der Waals surface area contributed by atoms with Crippen LogP contribution < -0.4 is 0 Å². The Balaban J connectivity index is 1.83. The maximum absolute atomic E-state index is 9.80. The summed E-state index contributed by atoms with van der Waals surface area (Å²) in [6, 6.07) is 8.88. The van der Waals surface area contributed by atoms with Gasteiger partial charge in [-0.1, -0.05) is 24.3 Å². The zero-order valence-corrected chi connectivity index (χ0v) is 14.3. The van der Waals surface area contributed by atoms with Gasteiger partial charge in [0.1, 0.15) is 0 Å². The third-order valence-corrected chi connectivity index (χ3v) is 4.46. The highest BCUT2D eigenvalue weighted by atomic mass is 16.5. The van der Waals surface area contributed by atoms with Crippen molar-refractivity contribution >= 4 is 0 Å². The van der Waals surface area contributed by atoms with Gasteiger partial charge in [0.25, 0.3) is 0 Å². The van der Waals surface area contributed by atoms with Crippen molar-refractivity contribution in [3.63, 3.8) is 0 Å². The van der Waals surface area contributed by atoms with Crippen molar-refractivity contribution in [1.29, 1.82) is 0 Å². The molecular weight excluding hydrogens is 274 g/mol. The fourth-order valence-corrected chi connectivity index (χ4v) is 3.19. The Hall–Kier alpha value is -0.900. The second-order valence-electron chi connectivity index (χ2n) is 7.33. The summed E-state index contributed by atoms with van der Waals surface area (Å²) >= 11 is 0. The van der Waals surface area contributed by atoms with Crippen molar-refractivity contribution in [1.82, 2.24) is 4.90 Å². The van der Waals surface area contributed by atoms with E-state index in [1.54, 1.807) is 7.11 Å². The zero-order chi connectivity index (χ0) is 16.0. The Kier molecular flexibility index (Phi) is 6.42. The third kappa shape index (κ3) is 6.07. The molecule has 1 aromatic carbocycles. The minimum absolute atomic E-state index is 0.581. The number of aliphatic hydroxyl groups is 1. The molecule has 1 aliphatic heterocycles. The minimum Gasteiger partial charge on any atom is -0.390 e. The van der Waals surface area contributed by atoms with Crippen molar-refractivity contribution in [2.45, 2.75) is 51.7 Å². The van der Waals surface area contributed by atoms with Crippen LogP contribution in [-0.4, -0.2) is 42.4 Å². The number of likely N-dealkylation sites (tertiary alicyclic amines) is 1. The van der Waals surface area contributed by atoms with Gasteiger partial charge in [-0.15, -0.1) is 0 Å². The Morgan fingerprint density at radius 3 is 2.55 bits per heavy atom. The lowest BCUT2D eigenvalue weighted by Gasteiger charge is -2.32. The standard InChI is InChI=1S/C19H31NO2/c1-19(2,21)11-10-16-6-8-17(9-7-16)13-20-12-4-5-18(14-20)15-22-3/h6-9,18,21H,4-5,10-15H2,1-3H3/t18-/m1/s1. The summed E-state index contributed by atoms with van der Waals surface area (Å²) in [5, 5.41) is 9.80. The van der Waals surface area contributed by atoms with E-state index < -0.39 is 5.60 Å². The second-order valence-corrected chi connectivity index (χ2v) is 7.33. The van der Waals surface area contributed by atoms with Crippen molar-refractivity contribution in [2.75, 3.05) is 26.8 Å². The number of benzene rings is 1. The maximum Gasteiger partial charge on any atom is 0.0594 e. The summed E-state index contributed by atoms with van der Waals surface area (Å²) in [4.78, 5) is 2.54. The van der Waals surface area contributed by atoms with Crippen molar-refractivity contribution in [2.24, 2.45) is 5.92 Å². The van der Waals surface area contributed by atoms with Gasteiger partial charge >= 0.3 is 0 Å². The predicted octanol–water partition coefficient (Wildman–Crippen LogP) is 3.25. The third-order valence-electron chi connectivity index (χ3n) is 4.46. The number of methoxy groups -OCH3 is 1. The Bertz CT molecular complexity index is 434. The summed E-state index contributed by atoms with van der Waals surface area (Å²) < 4.78 is 5.30. The highest BCUT2D eigenvalue weighted by Crippen LogP contribution is 2.19. The molecule has 1 aromatic rings. The van der Waals surface area contributed by atoms with Gasteiger partial charge in [0, 0.05) is 20.2 Å². The first kappa shape index (κ1) is 17.5. The van der Waals surface area contributed by atoms with Crippen LogP contribution in [0.2, 0.25) is 0 Å². The average molecular weight is 305 g/mol. The number of piperidine rings is 1. The van der Waals surface area contributed by atoms with Crippen LogP contribution in [0.1, 0.15) is 44.2 Å². The lowest BCUT2D eigenvalue weighted by atomic mass is 9.97. The van der Waals surface area contributed by atoms with E-state index >= 15 is 0 Å². The van der Waals surface area contributed by atoms with Crippen molar-refractivity contribution in [3.8, 4) is 0 Å². The normalized spacial score (nSPS) is 20.3. The van der Waals surface area contributed by atoms with E-state index in [9.17, 15) is 5.11 Å². The molecule has 1 heterocycles. The molecule has 1 atom stereocenters. The van der Waals surface area contributed by atoms with Crippen LogP contribution in [0.15, 0.2) is 24.3 Å². The van der Waals surface area contributed by atoms with E-state index in [-0.39, 0.29) is 0 Å². The number of ether oxygens (including phenoxy) is 1. The van der Waals surface area contributed by atoms with Gasteiger partial charge < -0.3 is 9.84 Å². The summed E-state index contributed by atoms with van der Waals surface area (Å²) in [7, 11) is 1.80. The summed E-state index contributed by atoms with van der Waals surface area (Å²) in [5.41, 5.74) is 2.11. The molecule has 0 bridgehead atoms. The Morgan fingerprint density at radius 2 is 1.91 bits per heavy atom. The molecule has 0 aliphatic carbocycles. The van der Waals surface area contributed by atoms with Gasteiger partial charge in [0.05, 0.1) is 12.2 Å². The van der Waals surface area contributed by atoms with Crippen molar-refractivity contribution in [3.05, 3.63) is 35.4 Å². The van der Waals surface area contributed by atoms with Gasteiger partial charge in [-0.2, -0.15) is 0 Å². The SMILES string of the molecule is COC[C@@H]1CCCN(Cc2ccc(CCC(C)(C)O)cc2)C1. The molecule has 0 radical (unpaired) electrons. The molecule has 2 rings (SSSR count). The first-order valence-corrected chi connectivity index (χ1v) is 8.48. The smallest absolute Gasteiger partial charge is 0.0594 e. The summed E-state index contributed by atoms with van der Waals surface area (Å²) in [5.74, 6) is 0.685. The average Bonchev–Trinajstić information content (AvgIpc) is 2.46. The summed E-state index contributed by atoms with van der Waals surface area (Å²) in [6.07, 6.45) is 4.30. The molecule has 3 nitrogen and oxygen atoms in total. The number of aryl methyl sites for hydroxylation is 1. The monoisotopic (exact) mass is 305 g/mol. The van der Waals surface area contributed by atoms with Crippen LogP contribution in [-0.2, 0) is 17.7 Å². The lowest BCUT2D eigenvalue weighted by molar-refractivity contribution is 0.0714. The fraction of sp³-hybridized carbons (Fsp3) is 0.684. The van der Waals surface area contributed by atoms with Gasteiger partial charge in [-0.05, 0) is 63.1 Å². The van der Waals surface area contributed by atoms with Crippen LogP contribution in [0.3, 0.4) is 0 Å². The Labute approximate surface area is 135 Å².